The Morgan fingerprint density at radius 1 is 1.05 bits per heavy atom. The van der Waals surface area contributed by atoms with Gasteiger partial charge in [-0.3, -0.25) is 4.79 Å². The van der Waals surface area contributed by atoms with Gasteiger partial charge in [-0.2, -0.15) is 0 Å². The van der Waals surface area contributed by atoms with Crippen molar-refractivity contribution in [1.82, 2.24) is 5.32 Å². The molecule has 2 aromatic rings. The second-order valence-corrected chi connectivity index (χ2v) is 5.49. The molecule has 0 saturated heterocycles. The lowest BCUT2D eigenvalue weighted by Crippen LogP contribution is -2.17. The fourth-order valence-electron chi connectivity index (χ4n) is 1.95. The third kappa shape index (κ3) is 3.61. The highest BCUT2D eigenvalue weighted by atomic mass is 79.9. The van der Waals surface area contributed by atoms with Gasteiger partial charge in [-0.1, -0.05) is 28.1 Å². The number of benzene rings is 2. The standard InChI is InChI=1S/C16H17BrN2O/c1-11(12-3-7-14(17)8-4-12)19-15-9-5-13(6-10-15)16(20)18-2/h3-11,19H,1-2H3,(H,18,20). The van der Waals surface area contributed by atoms with E-state index in [1.54, 1.807) is 7.05 Å². The van der Waals surface area contributed by atoms with Crippen molar-refractivity contribution < 1.29 is 4.79 Å². The largest absolute Gasteiger partial charge is 0.379 e. The van der Waals surface area contributed by atoms with Crippen molar-refractivity contribution in [3.63, 3.8) is 0 Å². The predicted octanol–water partition coefficient (Wildman–Crippen LogP) is 3.98. The van der Waals surface area contributed by atoms with Crippen LogP contribution in [0.1, 0.15) is 28.9 Å². The SMILES string of the molecule is CNC(=O)c1ccc(NC(C)c2ccc(Br)cc2)cc1. The zero-order valence-corrected chi connectivity index (χ0v) is 13.1. The molecule has 0 heterocycles. The van der Waals surface area contributed by atoms with E-state index in [1.165, 1.54) is 5.56 Å². The molecule has 2 rings (SSSR count). The van der Waals surface area contributed by atoms with E-state index in [-0.39, 0.29) is 11.9 Å². The Balaban J connectivity index is 2.06. The molecule has 0 aliphatic carbocycles. The maximum atomic E-state index is 11.5. The van der Waals surface area contributed by atoms with Crippen molar-refractivity contribution in [2.24, 2.45) is 0 Å². The molecule has 1 amide bonds. The molecule has 0 bridgehead atoms. The minimum absolute atomic E-state index is 0.0718. The number of nitrogens with one attached hydrogen (secondary N) is 2. The molecule has 1 unspecified atom stereocenters. The number of hydrogen-bond acceptors (Lipinski definition) is 2. The van der Waals surface area contributed by atoms with E-state index >= 15 is 0 Å². The highest BCUT2D eigenvalue weighted by Crippen LogP contribution is 2.21. The van der Waals surface area contributed by atoms with Crippen LogP contribution in [0.5, 0.6) is 0 Å². The monoisotopic (exact) mass is 332 g/mol. The number of rotatable bonds is 4. The number of anilines is 1. The fourth-order valence-corrected chi connectivity index (χ4v) is 2.21. The third-order valence-corrected chi connectivity index (χ3v) is 3.66. The second-order valence-electron chi connectivity index (χ2n) is 4.57. The summed E-state index contributed by atoms with van der Waals surface area (Å²) in [5.74, 6) is -0.0718. The van der Waals surface area contributed by atoms with E-state index in [9.17, 15) is 4.79 Å². The summed E-state index contributed by atoms with van der Waals surface area (Å²) in [4.78, 5) is 11.5. The Hall–Kier alpha value is -1.81. The molecular formula is C16H17BrN2O. The van der Waals surface area contributed by atoms with Crippen molar-refractivity contribution in [3.05, 3.63) is 64.1 Å². The number of amides is 1. The molecular weight excluding hydrogens is 316 g/mol. The van der Waals surface area contributed by atoms with Gasteiger partial charge < -0.3 is 10.6 Å². The van der Waals surface area contributed by atoms with Crippen LogP contribution in [0.4, 0.5) is 5.69 Å². The zero-order valence-electron chi connectivity index (χ0n) is 11.5. The van der Waals surface area contributed by atoms with Crippen LogP contribution >= 0.6 is 15.9 Å². The fraction of sp³-hybridized carbons (Fsp3) is 0.188. The van der Waals surface area contributed by atoms with E-state index in [4.69, 9.17) is 0 Å². The maximum Gasteiger partial charge on any atom is 0.251 e. The van der Waals surface area contributed by atoms with Gasteiger partial charge in [0.25, 0.3) is 5.91 Å². The van der Waals surface area contributed by atoms with Crippen LogP contribution in [-0.2, 0) is 0 Å². The van der Waals surface area contributed by atoms with Crippen molar-refractivity contribution in [2.75, 3.05) is 12.4 Å². The van der Waals surface area contributed by atoms with E-state index < -0.39 is 0 Å². The van der Waals surface area contributed by atoms with E-state index in [1.807, 2.05) is 36.4 Å². The average Bonchev–Trinajstić information content (AvgIpc) is 2.48. The summed E-state index contributed by atoms with van der Waals surface area (Å²) in [6.45, 7) is 2.11. The van der Waals surface area contributed by atoms with Crippen LogP contribution in [0, 0.1) is 0 Å². The number of halogens is 1. The first-order valence-electron chi connectivity index (χ1n) is 6.44. The molecule has 20 heavy (non-hydrogen) atoms. The van der Waals surface area contributed by atoms with Crippen molar-refractivity contribution in [2.45, 2.75) is 13.0 Å². The summed E-state index contributed by atoms with van der Waals surface area (Å²) in [5, 5.41) is 6.02. The molecule has 2 aromatic carbocycles. The molecule has 4 heteroatoms. The lowest BCUT2D eigenvalue weighted by atomic mass is 10.1. The van der Waals surface area contributed by atoms with E-state index in [0.29, 0.717) is 5.56 Å². The Morgan fingerprint density at radius 2 is 1.65 bits per heavy atom. The van der Waals surface area contributed by atoms with Gasteiger partial charge in [0.2, 0.25) is 0 Å². The maximum absolute atomic E-state index is 11.5. The molecule has 0 spiro atoms. The number of hydrogen-bond donors (Lipinski definition) is 2. The lowest BCUT2D eigenvalue weighted by Gasteiger charge is -2.16. The van der Waals surface area contributed by atoms with Crippen molar-refractivity contribution >= 4 is 27.5 Å². The Morgan fingerprint density at radius 3 is 2.20 bits per heavy atom. The van der Waals surface area contributed by atoms with Crippen LogP contribution in [0.2, 0.25) is 0 Å². The first-order chi connectivity index (χ1) is 9.60. The van der Waals surface area contributed by atoms with Gasteiger partial charge in [0, 0.05) is 28.8 Å². The van der Waals surface area contributed by atoms with Crippen molar-refractivity contribution in [3.8, 4) is 0 Å². The van der Waals surface area contributed by atoms with Gasteiger partial charge in [-0.25, -0.2) is 0 Å². The summed E-state index contributed by atoms with van der Waals surface area (Å²) in [5.41, 5.74) is 2.87. The molecule has 2 N–H and O–H groups in total. The molecule has 104 valence electrons. The zero-order chi connectivity index (χ0) is 14.5. The predicted molar refractivity (Wildman–Crippen MR) is 86.0 cm³/mol. The van der Waals surface area contributed by atoms with Crippen LogP contribution in [0.3, 0.4) is 0 Å². The Labute approximate surface area is 127 Å². The van der Waals surface area contributed by atoms with Gasteiger partial charge in [-0.15, -0.1) is 0 Å². The topological polar surface area (TPSA) is 41.1 Å². The lowest BCUT2D eigenvalue weighted by molar-refractivity contribution is 0.0963. The van der Waals surface area contributed by atoms with Crippen LogP contribution in [0.15, 0.2) is 53.0 Å². The molecule has 0 fully saturated rings. The van der Waals surface area contributed by atoms with Crippen molar-refractivity contribution in [1.29, 1.82) is 0 Å². The van der Waals surface area contributed by atoms with E-state index in [2.05, 4.69) is 45.6 Å². The smallest absolute Gasteiger partial charge is 0.251 e. The molecule has 0 aromatic heterocycles. The minimum Gasteiger partial charge on any atom is -0.379 e. The first kappa shape index (κ1) is 14.6. The highest BCUT2D eigenvalue weighted by Gasteiger charge is 2.06. The summed E-state index contributed by atoms with van der Waals surface area (Å²) >= 11 is 3.43. The third-order valence-electron chi connectivity index (χ3n) is 3.13. The minimum atomic E-state index is -0.0718. The van der Waals surface area contributed by atoms with Gasteiger partial charge >= 0.3 is 0 Å². The summed E-state index contributed by atoms with van der Waals surface area (Å²) in [6, 6.07) is 15.9. The second kappa shape index (κ2) is 6.57. The summed E-state index contributed by atoms with van der Waals surface area (Å²) < 4.78 is 1.07. The van der Waals surface area contributed by atoms with Gasteiger partial charge in [0.1, 0.15) is 0 Å². The first-order valence-corrected chi connectivity index (χ1v) is 7.23. The van der Waals surface area contributed by atoms with Gasteiger partial charge in [0.05, 0.1) is 0 Å². The number of carbonyl (C=O) groups excluding carboxylic acids is 1. The van der Waals surface area contributed by atoms with Gasteiger partial charge in [-0.05, 0) is 48.9 Å². The summed E-state index contributed by atoms with van der Waals surface area (Å²) in [6.07, 6.45) is 0. The molecule has 0 radical (unpaired) electrons. The molecule has 0 aliphatic heterocycles. The molecule has 0 aliphatic rings. The Kier molecular flexibility index (Phi) is 4.79. The average molecular weight is 333 g/mol. The summed E-state index contributed by atoms with van der Waals surface area (Å²) in [7, 11) is 1.63. The molecule has 1 atom stereocenters. The highest BCUT2D eigenvalue weighted by molar-refractivity contribution is 9.10. The van der Waals surface area contributed by atoms with Crippen LogP contribution in [0.25, 0.3) is 0 Å². The van der Waals surface area contributed by atoms with Crippen LogP contribution < -0.4 is 10.6 Å². The quantitative estimate of drug-likeness (QED) is 0.889. The molecule has 0 saturated carbocycles. The normalized spacial score (nSPS) is 11.8. The molecule has 3 nitrogen and oxygen atoms in total. The van der Waals surface area contributed by atoms with Crippen LogP contribution in [-0.4, -0.2) is 13.0 Å². The van der Waals surface area contributed by atoms with Gasteiger partial charge in [0.15, 0.2) is 0 Å². The van der Waals surface area contributed by atoms with E-state index in [0.717, 1.165) is 10.2 Å². The Bertz CT molecular complexity index is 578. The number of carbonyl (C=O) groups is 1.